The van der Waals surface area contributed by atoms with E-state index in [4.69, 9.17) is 10.2 Å². The molecule has 0 bridgehead atoms. The van der Waals surface area contributed by atoms with E-state index in [-0.39, 0.29) is 18.0 Å². The minimum absolute atomic E-state index is 0.239. The number of aromatic nitrogens is 2. The fourth-order valence-corrected chi connectivity index (χ4v) is 1.77. The number of nitrogens with zero attached hydrogens (tertiary/aromatic N) is 2. The van der Waals surface area contributed by atoms with Gasteiger partial charge in [0.15, 0.2) is 5.82 Å². The van der Waals surface area contributed by atoms with Crippen LogP contribution in [-0.4, -0.2) is 15.9 Å². The summed E-state index contributed by atoms with van der Waals surface area (Å²) in [5.74, 6) is 0.645. The van der Waals surface area contributed by atoms with Crippen LogP contribution >= 0.6 is 0 Å². The molecule has 0 aliphatic carbocycles. The Balaban J connectivity index is 2.13. The first kappa shape index (κ1) is 13.8. The van der Waals surface area contributed by atoms with Gasteiger partial charge in [0.05, 0.1) is 18.4 Å². The summed E-state index contributed by atoms with van der Waals surface area (Å²) in [6.45, 7) is 3.97. The van der Waals surface area contributed by atoms with Crippen molar-refractivity contribution >= 4 is 11.5 Å². The molecule has 0 saturated carbocycles. The average molecular weight is 272 g/mol. The van der Waals surface area contributed by atoms with Crippen LogP contribution in [0.1, 0.15) is 23.0 Å². The first-order valence-corrected chi connectivity index (χ1v) is 6.15. The van der Waals surface area contributed by atoms with Gasteiger partial charge in [-0.2, -0.15) is 0 Å². The molecule has 0 fully saturated rings. The Kier molecular flexibility index (Phi) is 4.14. The smallest absolute Gasteiger partial charge is 0.256 e. The molecule has 2 heterocycles. The molecule has 0 radical (unpaired) electrons. The maximum absolute atomic E-state index is 12.1. The summed E-state index contributed by atoms with van der Waals surface area (Å²) in [6, 6.07) is 5.37. The molecule has 0 aromatic carbocycles. The molecule has 2 aromatic heterocycles. The monoisotopic (exact) mass is 272 g/mol. The number of carbonyl (C=O) groups excluding carboxylic acids is 1. The van der Waals surface area contributed by atoms with Gasteiger partial charge in [0, 0.05) is 17.6 Å². The normalized spacial score (nSPS) is 11.4. The van der Waals surface area contributed by atoms with Crippen molar-refractivity contribution in [2.45, 2.75) is 20.4 Å². The predicted molar refractivity (Wildman–Crippen MR) is 74.2 cm³/mol. The zero-order valence-electron chi connectivity index (χ0n) is 11.4. The van der Waals surface area contributed by atoms with E-state index in [1.807, 2.05) is 19.9 Å². The third-order valence-electron chi connectivity index (χ3n) is 2.64. The van der Waals surface area contributed by atoms with Crippen molar-refractivity contribution in [3.63, 3.8) is 0 Å². The van der Waals surface area contributed by atoms with Gasteiger partial charge in [-0.3, -0.25) is 4.79 Å². The quantitative estimate of drug-likeness (QED) is 0.818. The van der Waals surface area contributed by atoms with Crippen molar-refractivity contribution in [1.82, 2.24) is 15.3 Å². The lowest BCUT2D eigenvalue weighted by molar-refractivity contribution is -0.115. The highest BCUT2D eigenvalue weighted by molar-refractivity contribution is 6.18. The van der Waals surface area contributed by atoms with Crippen LogP contribution in [0, 0.1) is 13.8 Å². The number of hydrogen-bond acceptors (Lipinski definition) is 5. The molecule has 3 N–H and O–H groups in total. The summed E-state index contributed by atoms with van der Waals surface area (Å²) in [5, 5.41) is 2.71. The first-order valence-electron chi connectivity index (χ1n) is 6.15. The van der Waals surface area contributed by atoms with Crippen LogP contribution in [-0.2, 0) is 11.3 Å². The van der Waals surface area contributed by atoms with E-state index in [9.17, 15) is 4.79 Å². The molecule has 0 atom stereocenters. The zero-order chi connectivity index (χ0) is 14.5. The number of furan rings is 1. The number of carbonyl (C=O) groups is 1. The highest BCUT2D eigenvalue weighted by Crippen LogP contribution is 2.11. The molecular weight excluding hydrogens is 256 g/mol. The third-order valence-corrected chi connectivity index (χ3v) is 2.64. The average Bonchev–Trinajstić information content (AvgIpc) is 2.89. The first-order chi connectivity index (χ1) is 9.60. The molecular formula is C14H16N4O2. The van der Waals surface area contributed by atoms with Crippen LogP contribution in [0.2, 0.25) is 0 Å². The molecule has 6 nitrogen and oxygen atoms in total. The van der Waals surface area contributed by atoms with Crippen molar-refractivity contribution < 1.29 is 9.21 Å². The fraction of sp³-hybridized carbons (Fsp3) is 0.214. The maximum Gasteiger partial charge on any atom is 0.256 e. The zero-order valence-corrected chi connectivity index (χ0v) is 11.4. The topological polar surface area (TPSA) is 94.0 Å². The number of amides is 1. The van der Waals surface area contributed by atoms with Crippen LogP contribution in [0.4, 0.5) is 0 Å². The minimum atomic E-state index is -0.339. The number of nitrogens with two attached hydrogens (primary N) is 1. The summed E-state index contributed by atoms with van der Waals surface area (Å²) in [5.41, 5.74) is 7.33. The van der Waals surface area contributed by atoms with Crippen LogP contribution < -0.4 is 11.1 Å². The van der Waals surface area contributed by atoms with E-state index < -0.39 is 0 Å². The summed E-state index contributed by atoms with van der Waals surface area (Å²) in [7, 11) is 0. The molecule has 104 valence electrons. The highest BCUT2D eigenvalue weighted by Gasteiger charge is 2.15. The van der Waals surface area contributed by atoms with Gasteiger partial charge in [0.25, 0.3) is 5.91 Å². The van der Waals surface area contributed by atoms with Gasteiger partial charge in [0.2, 0.25) is 0 Å². The van der Waals surface area contributed by atoms with Crippen LogP contribution in [0.3, 0.4) is 0 Å². The van der Waals surface area contributed by atoms with E-state index in [1.165, 1.54) is 6.20 Å². The van der Waals surface area contributed by atoms with Crippen LogP contribution in [0.5, 0.6) is 0 Å². The fourth-order valence-electron chi connectivity index (χ4n) is 1.77. The van der Waals surface area contributed by atoms with E-state index in [2.05, 4.69) is 15.3 Å². The molecule has 0 aliphatic rings. The number of aryl methyl sites for hydroxylation is 2. The van der Waals surface area contributed by atoms with E-state index in [0.717, 1.165) is 11.4 Å². The Morgan fingerprint density at radius 3 is 2.65 bits per heavy atom. The Morgan fingerprint density at radius 2 is 2.10 bits per heavy atom. The lowest BCUT2D eigenvalue weighted by Gasteiger charge is -2.07. The molecule has 0 unspecified atom stereocenters. The van der Waals surface area contributed by atoms with Gasteiger partial charge >= 0.3 is 0 Å². The van der Waals surface area contributed by atoms with Gasteiger partial charge in [-0.05, 0) is 32.0 Å². The molecule has 0 spiro atoms. The Hall–Kier alpha value is -2.63. The van der Waals surface area contributed by atoms with Crippen LogP contribution in [0.25, 0.3) is 5.57 Å². The lowest BCUT2D eigenvalue weighted by atomic mass is 10.2. The Morgan fingerprint density at radius 1 is 1.40 bits per heavy atom. The molecule has 1 amide bonds. The second kappa shape index (κ2) is 6.01. The van der Waals surface area contributed by atoms with E-state index in [0.29, 0.717) is 11.6 Å². The largest absolute Gasteiger partial charge is 0.467 e. The van der Waals surface area contributed by atoms with Crippen molar-refractivity contribution in [2.75, 3.05) is 0 Å². The minimum Gasteiger partial charge on any atom is -0.467 e. The number of hydrogen-bond donors (Lipinski definition) is 2. The Bertz CT molecular complexity index is 612. The second-order valence-electron chi connectivity index (χ2n) is 4.32. The summed E-state index contributed by atoms with van der Waals surface area (Å²) < 4.78 is 5.14. The standard InChI is InChI=1S/C14H16N4O2/c1-9-6-10(2)18-13(17-9)12(7-15)14(19)16-8-11-4-3-5-20-11/h3-7H,8,15H2,1-2H3,(H,16,19). The number of rotatable bonds is 4. The van der Waals surface area contributed by atoms with Gasteiger partial charge in [-0.1, -0.05) is 0 Å². The van der Waals surface area contributed by atoms with Crippen LogP contribution in [0.15, 0.2) is 35.1 Å². The lowest BCUT2D eigenvalue weighted by Crippen LogP contribution is -2.25. The third kappa shape index (κ3) is 3.23. The van der Waals surface area contributed by atoms with Gasteiger partial charge in [-0.15, -0.1) is 0 Å². The SMILES string of the molecule is Cc1cc(C)nc(C(=CN)C(=O)NCc2ccco2)n1. The van der Waals surface area contributed by atoms with Gasteiger partial charge in [-0.25, -0.2) is 9.97 Å². The van der Waals surface area contributed by atoms with Crippen molar-refractivity contribution in [3.8, 4) is 0 Å². The predicted octanol–water partition coefficient (Wildman–Crippen LogP) is 1.30. The molecule has 0 aliphatic heterocycles. The van der Waals surface area contributed by atoms with E-state index >= 15 is 0 Å². The Labute approximate surface area is 116 Å². The summed E-state index contributed by atoms with van der Waals surface area (Å²) >= 11 is 0. The van der Waals surface area contributed by atoms with Crippen molar-refractivity contribution in [1.29, 1.82) is 0 Å². The second-order valence-corrected chi connectivity index (χ2v) is 4.32. The maximum atomic E-state index is 12.1. The molecule has 20 heavy (non-hydrogen) atoms. The summed E-state index contributed by atoms with van der Waals surface area (Å²) in [4.78, 5) is 20.6. The van der Waals surface area contributed by atoms with Gasteiger partial charge < -0.3 is 15.5 Å². The molecule has 0 saturated heterocycles. The highest BCUT2D eigenvalue weighted by atomic mass is 16.3. The van der Waals surface area contributed by atoms with Crippen molar-refractivity contribution in [2.24, 2.45) is 5.73 Å². The molecule has 6 heteroatoms. The van der Waals surface area contributed by atoms with E-state index in [1.54, 1.807) is 18.4 Å². The number of nitrogens with one attached hydrogen (secondary N) is 1. The van der Waals surface area contributed by atoms with Gasteiger partial charge in [0.1, 0.15) is 5.76 Å². The summed E-state index contributed by atoms with van der Waals surface area (Å²) in [6.07, 6.45) is 2.76. The molecule has 2 aromatic rings. The van der Waals surface area contributed by atoms with Crippen molar-refractivity contribution in [3.05, 3.63) is 53.6 Å². The molecule has 2 rings (SSSR count).